The number of nitrogens with zero attached hydrogens (tertiary/aromatic N) is 1. The van der Waals surface area contributed by atoms with Crippen LogP contribution >= 0.6 is 11.8 Å². The number of hydrogen-bond donors (Lipinski definition) is 0. The molecular weight excluding hydrogens is 286 g/mol. The number of carbonyl (C=O) groups is 2. The molecular formula is C16H27NO3S. The van der Waals surface area contributed by atoms with Crippen molar-refractivity contribution >= 4 is 23.6 Å². The van der Waals surface area contributed by atoms with Gasteiger partial charge in [-0.15, -0.1) is 11.8 Å². The summed E-state index contributed by atoms with van der Waals surface area (Å²) >= 11 is 1.75. The maximum Gasteiger partial charge on any atom is 0.329 e. The third-order valence-electron chi connectivity index (χ3n) is 4.05. The van der Waals surface area contributed by atoms with Crippen LogP contribution in [0.3, 0.4) is 0 Å². The van der Waals surface area contributed by atoms with Crippen LogP contribution in [0.5, 0.6) is 0 Å². The van der Waals surface area contributed by atoms with Crippen LogP contribution in [0.15, 0.2) is 0 Å². The van der Waals surface area contributed by atoms with Gasteiger partial charge < -0.3 is 9.64 Å². The van der Waals surface area contributed by atoms with Gasteiger partial charge in [0.2, 0.25) is 5.91 Å². The van der Waals surface area contributed by atoms with E-state index < -0.39 is 0 Å². The van der Waals surface area contributed by atoms with Crippen LogP contribution in [0.25, 0.3) is 0 Å². The quantitative estimate of drug-likeness (QED) is 0.510. The lowest BCUT2D eigenvalue weighted by Gasteiger charge is -2.28. The molecule has 4 nitrogen and oxygen atoms in total. The number of thioether (sulfide) groups is 1. The predicted molar refractivity (Wildman–Crippen MR) is 85.0 cm³/mol. The van der Waals surface area contributed by atoms with E-state index in [0.29, 0.717) is 12.4 Å². The monoisotopic (exact) mass is 313 g/mol. The SMILES string of the molecule is CCCCCC1SCC(C(=O)OCCC)N1C(=O)C1CC1. The molecule has 2 aliphatic rings. The Morgan fingerprint density at radius 3 is 2.57 bits per heavy atom. The third-order valence-corrected chi connectivity index (χ3v) is 5.40. The lowest BCUT2D eigenvalue weighted by Crippen LogP contribution is -2.47. The van der Waals surface area contributed by atoms with Crippen molar-refractivity contribution in [3.8, 4) is 0 Å². The van der Waals surface area contributed by atoms with Gasteiger partial charge in [0.05, 0.1) is 12.0 Å². The van der Waals surface area contributed by atoms with Gasteiger partial charge in [-0.2, -0.15) is 0 Å². The minimum absolute atomic E-state index is 0.166. The summed E-state index contributed by atoms with van der Waals surface area (Å²) in [5.41, 5.74) is 0. The highest BCUT2D eigenvalue weighted by atomic mass is 32.2. The molecule has 21 heavy (non-hydrogen) atoms. The molecule has 0 N–H and O–H groups in total. The molecule has 120 valence electrons. The Balaban J connectivity index is 1.98. The second-order valence-electron chi connectivity index (χ2n) is 5.99. The molecule has 0 aromatic carbocycles. The largest absolute Gasteiger partial charge is 0.464 e. The Bertz CT molecular complexity index is 371. The summed E-state index contributed by atoms with van der Waals surface area (Å²) in [6, 6.07) is -0.360. The average Bonchev–Trinajstić information content (AvgIpc) is 3.25. The van der Waals surface area contributed by atoms with Crippen molar-refractivity contribution in [2.24, 2.45) is 5.92 Å². The van der Waals surface area contributed by atoms with E-state index in [0.717, 1.165) is 32.1 Å². The van der Waals surface area contributed by atoms with Crippen LogP contribution in [0.1, 0.15) is 58.8 Å². The zero-order valence-corrected chi connectivity index (χ0v) is 14.0. The maximum absolute atomic E-state index is 12.5. The van der Waals surface area contributed by atoms with E-state index in [1.807, 2.05) is 11.8 Å². The highest BCUT2D eigenvalue weighted by molar-refractivity contribution is 8.00. The molecule has 1 amide bonds. The second kappa shape index (κ2) is 8.06. The molecule has 0 spiro atoms. The summed E-state index contributed by atoms with van der Waals surface area (Å²) < 4.78 is 5.28. The van der Waals surface area contributed by atoms with Crippen molar-refractivity contribution < 1.29 is 14.3 Å². The topological polar surface area (TPSA) is 46.6 Å². The Hall–Kier alpha value is -0.710. The summed E-state index contributed by atoms with van der Waals surface area (Å²) in [7, 11) is 0. The number of carbonyl (C=O) groups excluding carboxylic acids is 2. The van der Waals surface area contributed by atoms with Gasteiger partial charge in [0.15, 0.2) is 0 Å². The molecule has 0 aromatic heterocycles. The zero-order chi connectivity index (χ0) is 15.2. The van der Waals surface area contributed by atoms with Crippen molar-refractivity contribution in [2.45, 2.75) is 70.2 Å². The molecule has 2 unspecified atom stereocenters. The molecule has 1 aliphatic heterocycles. The molecule has 0 radical (unpaired) electrons. The van der Waals surface area contributed by atoms with Gasteiger partial charge in [0.1, 0.15) is 6.04 Å². The van der Waals surface area contributed by atoms with E-state index in [-0.39, 0.29) is 29.2 Å². The van der Waals surface area contributed by atoms with Gasteiger partial charge >= 0.3 is 5.97 Å². The molecule has 0 bridgehead atoms. The number of esters is 1. The Kier molecular flexibility index (Phi) is 6.40. The van der Waals surface area contributed by atoms with E-state index in [1.165, 1.54) is 12.8 Å². The standard InChI is InChI=1S/C16H27NO3S/c1-3-5-6-7-14-17(15(18)12-8-9-12)13(11-21-14)16(19)20-10-4-2/h12-14H,3-11H2,1-2H3. The average molecular weight is 313 g/mol. The van der Waals surface area contributed by atoms with Gasteiger partial charge in [-0.25, -0.2) is 4.79 Å². The first kappa shape index (κ1) is 16.7. The summed E-state index contributed by atoms with van der Waals surface area (Å²) in [6.07, 6.45) is 7.27. The zero-order valence-electron chi connectivity index (χ0n) is 13.2. The van der Waals surface area contributed by atoms with E-state index in [4.69, 9.17) is 4.74 Å². The first-order chi connectivity index (χ1) is 10.2. The van der Waals surface area contributed by atoms with Crippen LogP contribution in [-0.2, 0) is 14.3 Å². The van der Waals surface area contributed by atoms with E-state index in [2.05, 4.69) is 6.92 Å². The maximum atomic E-state index is 12.5. The minimum atomic E-state index is -0.360. The third kappa shape index (κ3) is 4.38. The molecule has 1 saturated carbocycles. The fraction of sp³-hybridized carbons (Fsp3) is 0.875. The van der Waals surface area contributed by atoms with Crippen LogP contribution < -0.4 is 0 Å². The van der Waals surface area contributed by atoms with Crippen LogP contribution in [0, 0.1) is 5.92 Å². The molecule has 2 atom stereocenters. The van der Waals surface area contributed by atoms with Gasteiger partial charge in [-0.05, 0) is 25.7 Å². The van der Waals surface area contributed by atoms with Crippen molar-refractivity contribution in [1.82, 2.24) is 4.90 Å². The van der Waals surface area contributed by atoms with Crippen molar-refractivity contribution in [3.05, 3.63) is 0 Å². The van der Waals surface area contributed by atoms with Crippen molar-refractivity contribution in [1.29, 1.82) is 0 Å². The Labute approximate surface area is 132 Å². The van der Waals surface area contributed by atoms with Crippen LogP contribution in [0.4, 0.5) is 0 Å². The number of hydrogen-bond acceptors (Lipinski definition) is 4. The molecule has 1 aliphatic carbocycles. The first-order valence-corrected chi connectivity index (χ1v) is 9.34. The van der Waals surface area contributed by atoms with Crippen LogP contribution in [-0.4, -0.2) is 40.6 Å². The first-order valence-electron chi connectivity index (χ1n) is 8.29. The number of rotatable bonds is 8. The number of amides is 1. The minimum Gasteiger partial charge on any atom is -0.464 e. The fourth-order valence-electron chi connectivity index (χ4n) is 2.67. The molecule has 1 saturated heterocycles. The Morgan fingerprint density at radius 1 is 1.19 bits per heavy atom. The summed E-state index contributed by atoms with van der Waals surface area (Å²) in [6.45, 7) is 4.61. The van der Waals surface area contributed by atoms with E-state index in [9.17, 15) is 9.59 Å². The normalized spacial score (nSPS) is 25.1. The van der Waals surface area contributed by atoms with Crippen LogP contribution in [0.2, 0.25) is 0 Å². The lowest BCUT2D eigenvalue weighted by atomic mass is 10.1. The lowest BCUT2D eigenvalue weighted by molar-refractivity contribution is -0.154. The fourth-order valence-corrected chi connectivity index (χ4v) is 4.12. The van der Waals surface area contributed by atoms with Gasteiger partial charge in [-0.1, -0.05) is 33.1 Å². The summed E-state index contributed by atoms with van der Waals surface area (Å²) in [5, 5.41) is 0.170. The van der Waals surface area contributed by atoms with Crippen molar-refractivity contribution in [2.75, 3.05) is 12.4 Å². The smallest absolute Gasteiger partial charge is 0.329 e. The van der Waals surface area contributed by atoms with Gasteiger partial charge in [0.25, 0.3) is 0 Å². The van der Waals surface area contributed by atoms with Gasteiger partial charge in [0, 0.05) is 11.7 Å². The highest BCUT2D eigenvalue weighted by Crippen LogP contribution is 2.39. The molecule has 1 heterocycles. The van der Waals surface area contributed by atoms with E-state index >= 15 is 0 Å². The van der Waals surface area contributed by atoms with E-state index in [1.54, 1.807) is 11.8 Å². The summed E-state index contributed by atoms with van der Waals surface area (Å²) in [4.78, 5) is 26.6. The molecule has 0 aromatic rings. The Morgan fingerprint density at radius 2 is 1.95 bits per heavy atom. The second-order valence-corrected chi connectivity index (χ2v) is 7.20. The number of ether oxygens (including phenoxy) is 1. The highest BCUT2D eigenvalue weighted by Gasteiger charge is 2.46. The summed E-state index contributed by atoms with van der Waals surface area (Å²) in [5.74, 6) is 0.827. The van der Waals surface area contributed by atoms with Crippen molar-refractivity contribution in [3.63, 3.8) is 0 Å². The predicted octanol–water partition coefficient (Wildman–Crippen LogP) is 3.20. The van der Waals surface area contributed by atoms with Gasteiger partial charge in [-0.3, -0.25) is 4.79 Å². The molecule has 2 fully saturated rings. The molecule has 5 heteroatoms. The number of unbranched alkanes of at least 4 members (excludes halogenated alkanes) is 2. The molecule has 2 rings (SSSR count).